The van der Waals surface area contributed by atoms with E-state index in [1.54, 1.807) is 0 Å². The van der Waals surface area contributed by atoms with Gasteiger partial charge >= 0.3 is 0 Å². The molecule has 0 aromatic heterocycles. The summed E-state index contributed by atoms with van der Waals surface area (Å²) in [5, 5.41) is 4.10. The Kier molecular flexibility index (Phi) is 6.80. The Hall–Kier alpha value is -1.28. The van der Waals surface area contributed by atoms with Gasteiger partial charge in [0.15, 0.2) is 0 Å². The predicted molar refractivity (Wildman–Crippen MR) is 93.7 cm³/mol. The van der Waals surface area contributed by atoms with Crippen LogP contribution in [0.5, 0.6) is 0 Å². The summed E-state index contributed by atoms with van der Waals surface area (Å²) < 4.78 is 0. The van der Waals surface area contributed by atoms with Gasteiger partial charge in [-0.15, -0.1) is 0 Å². The highest BCUT2D eigenvalue weighted by molar-refractivity contribution is 9.09. The molecule has 1 aliphatic heterocycles. The van der Waals surface area contributed by atoms with Crippen LogP contribution in [0.2, 0.25) is 0 Å². The maximum Gasteiger partial charge on any atom is 0.0453 e. The predicted octanol–water partition coefficient (Wildman–Crippen LogP) is 5.41. The Bertz CT molecular complexity index is 494. The van der Waals surface area contributed by atoms with Crippen molar-refractivity contribution in [1.29, 1.82) is 0 Å². The lowest BCUT2D eigenvalue weighted by Gasteiger charge is -2.10. The van der Waals surface area contributed by atoms with E-state index in [2.05, 4.69) is 84.6 Å². The van der Waals surface area contributed by atoms with Crippen molar-refractivity contribution in [3.63, 3.8) is 0 Å². The van der Waals surface area contributed by atoms with Crippen LogP contribution in [0.15, 0.2) is 71.7 Å². The molecule has 0 amide bonds. The summed E-state index contributed by atoms with van der Waals surface area (Å²) in [4.78, 5) is 0. The minimum absolute atomic E-state index is 0.370. The molecule has 20 heavy (non-hydrogen) atoms. The number of hydrogen-bond acceptors (Lipinski definition) is 1. The summed E-state index contributed by atoms with van der Waals surface area (Å²) in [6.45, 7) is 8.61. The van der Waals surface area contributed by atoms with Crippen LogP contribution in [-0.4, -0.2) is 5.33 Å². The van der Waals surface area contributed by atoms with Gasteiger partial charge in [0.2, 0.25) is 0 Å². The molecule has 1 nitrogen and oxygen atoms in total. The number of rotatable bonds is 1. The third-order valence-electron chi connectivity index (χ3n) is 2.66. The summed E-state index contributed by atoms with van der Waals surface area (Å²) in [5.74, 6) is 0. The van der Waals surface area contributed by atoms with Gasteiger partial charge in [-0.3, -0.25) is 0 Å². The second-order valence-corrected chi connectivity index (χ2v) is 6.34. The van der Waals surface area contributed by atoms with Crippen LogP contribution in [0.4, 0.5) is 0 Å². The fraction of sp³-hybridized carbons (Fsp3) is 0.333. The van der Waals surface area contributed by atoms with E-state index in [4.69, 9.17) is 0 Å². The van der Waals surface area contributed by atoms with Crippen molar-refractivity contribution in [2.24, 2.45) is 5.41 Å². The van der Waals surface area contributed by atoms with Gasteiger partial charge in [-0.25, -0.2) is 0 Å². The fourth-order valence-electron chi connectivity index (χ4n) is 1.83. The minimum Gasteiger partial charge on any atom is -0.361 e. The van der Waals surface area contributed by atoms with Crippen molar-refractivity contribution < 1.29 is 0 Å². The Balaban J connectivity index is 0.000000246. The summed E-state index contributed by atoms with van der Waals surface area (Å²) >= 11 is 3.45. The zero-order valence-corrected chi connectivity index (χ0v) is 14.4. The van der Waals surface area contributed by atoms with E-state index in [0.717, 1.165) is 11.0 Å². The molecule has 2 heteroatoms. The van der Waals surface area contributed by atoms with Gasteiger partial charge in [0, 0.05) is 17.2 Å². The van der Waals surface area contributed by atoms with Gasteiger partial charge in [-0.05, 0) is 41.7 Å². The molecular weight excluding hydrogens is 310 g/mol. The average Bonchev–Trinajstić information content (AvgIpc) is 2.59. The molecule has 0 aromatic rings. The fourth-order valence-corrected chi connectivity index (χ4v) is 2.18. The van der Waals surface area contributed by atoms with Crippen LogP contribution < -0.4 is 5.32 Å². The van der Waals surface area contributed by atoms with Crippen LogP contribution in [0, 0.1) is 5.41 Å². The van der Waals surface area contributed by atoms with Crippen LogP contribution in [0.3, 0.4) is 0 Å². The molecule has 1 heterocycles. The molecule has 0 aromatic carbocycles. The monoisotopic (exact) mass is 333 g/mol. The van der Waals surface area contributed by atoms with E-state index in [1.165, 1.54) is 11.1 Å². The highest BCUT2D eigenvalue weighted by atomic mass is 79.9. The van der Waals surface area contributed by atoms with Crippen molar-refractivity contribution in [3.05, 3.63) is 71.7 Å². The van der Waals surface area contributed by atoms with E-state index in [0.29, 0.717) is 5.41 Å². The lowest BCUT2D eigenvalue weighted by atomic mass is 9.97. The van der Waals surface area contributed by atoms with Gasteiger partial charge in [0.05, 0.1) is 0 Å². The van der Waals surface area contributed by atoms with Gasteiger partial charge < -0.3 is 5.32 Å². The molecule has 0 radical (unpaired) electrons. The van der Waals surface area contributed by atoms with Crippen molar-refractivity contribution in [2.75, 3.05) is 5.33 Å². The van der Waals surface area contributed by atoms with Crippen molar-refractivity contribution in [3.8, 4) is 0 Å². The van der Waals surface area contributed by atoms with E-state index in [9.17, 15) is 0 Å². The topological polar surface area (TPSA) is 12.0 Å². The molecule has 0 unspecified atom stereocenters. The molecule has 1 N–H and O–H groups in total. The molecule has 2 aliphatic rings. The smallest absolute Gasteiger partial charge is 0.0453 e. The number of hydrogen-bond donors (Lipinski definition) is 1. The summed E-state index contributed by atoms with van der Waals surface area (Å²) in [7, 11) is 0. The lowest BCUT2D eigenvalue weighted by molar-refractivity contribution is 0.543. The van der Waals surface area contributed by atoms with Crippen molar-refractivity contribution >= 4 is 15.9 Å². The third kappa shape index (κ3) is 6.25. The third-order valence-corrected chi connectivity index (χ3v) is 3.30. The summed E-state index contributed by atoms with van der Waals surface area (Å²) in [6, 6.07) is 0. The first kappa shape index (κ1) is 16.8. The first-order chi connectivity index (χ1) is 9.46. The Morgan fingerprint density at radius 3 is 2.50 bits per heavy atom. The number of halogens is 1. The molecule has 0 saturated carbocycles. The van der Waals surface area contributed by atoms with E-state index < -0.39 is 0 Å². The highest BCUT2D eigenvalue weighted by Gasteiger charge is 2.05. The minimum atomic E-state index is 0.370. The molecule has 0 atom stereocenters. The van der Waals surface area contributed by atoms with Gasteiger partial charge in [0.1, 0.15) is 0 Å². The van der Waals surface area contributed by atoms with Gasteiger partial charge in [0.25, 0.3) is 0 Å². The molecule has 108 valence electrons. The number of dihydropyridines is 1. The van der Waals surface area contributed by atoms with Crippen molar-refractivity contribution in [2.45, 2.75) is 27.7 Å². The van der Waals surface area contributed by atoms with Crippen LogP contribution >= 0.6 is 15.9 Å². The molecule has 2 rings (SSSR count). The number of allylic oxidation sites excluding steroid dienone is 9. The standard InChI is InChI=1S/C11H10BrN.C7H14/c12-8-9-3-1-5-11-10(7-9)4-2-6-13-11;1-5-6-7(2,3)4/h1-7,13H,8H2;5-6H,1-4H3. The van der Waals surface area contributed by atoms with Crippen LogP contribution in [-0.2, 0) is 0 Å². The molecule has 0 saturated heterocycles. The molecule has 0 spiro atoms. The maximum atomic E-state index is 3.45. The first-order valence-electron chi connectivity index (χ1n) is 6.89. The number of fused-ring (bicyclic) bond motifs is 1. The second kappa shape index (κ2) is 8.11. The zero-order chi connectivity index (χ0) is 15.0. The number of alkyl halides is 1. The molecule has 1 aliphatic carbocycles. The Morgan fingerprint density at radius 1 is 1.20 bits per heavy atom. The lowest BCUT2D eigenvalue weighted by Crippen LogP contribution is -2.08. The SMILES string of the molecule is BrCC1=CC2=CC=CNC2=CC=C1.CC=CC(C)(C)C. The first-order valence-corrected chi connectivity index (χ1v) is 8.01. The van der Waals surface area contributed by atoms with Crippen LogP contribution in [0.1, 0.15) is 27.7 Å². The molecular formula is C18H24BrN. The maximum absolute atomic E-state index is 3.45. The highest BCUT2D eigenvalue weighted by Crippen LogP contribution is 2.19. The van der Waals surface area contributed by atoms with E-state index in [-0.39, 0.29) is 0 Å². The number of nitrogens with one attached hydrogen (secondary N) is 1. The average molecular weight is 334 g/mol. The Morgan fingerprint density at radius 2 is 1.95 bits per heavy atom. The van der Waals surface area contributed by atoms with Gasteiger partial charge in [-0.1, -0.05) is 67.1 Å². The zero-order valence-electron chi connectivity index (χ0n) is 12.8. The largest absolute Gasteiger partial charge is 0.361 e. The summed E-state index contributed by atoms with van der Waals surface area (Å²) in [6.07, 6.45) is 18.8. The summed E-state index contributed by atoms with van der Waals surface area (Å²) in [5.41, 5.74) is 4.06. The Labute approximate surface area is 131 Å². The van der Waals surface area contributed by atoms with Crippen molar-refractivity contribution in [1.82, 2.24) is 5.32 Å². The normalized spacial score (nSPS) is 17.1. The van der Waals surface area contributed by atoms with Gasteiger partial charge in [-0.2, -0.15) is 0 Å². The van der Waals surface area contributed by atoms with E-state index in [1.807, 2.05) is 19.2 Å². The molecule has 0 bridgehead atoms. The second-order valence-electron chi connectivity index (χ2n) is 5.78. The quantitative estimate of drug-likeness (QED) is 0.499. The van der Waals surface area contributed by atoms with E-state index >= 15 is 0 Å². The van der Waals surface area contributed by atoms with Crippen LogP contribution in [0.25, 0.3) is 0 Å². The molecule has 0 fully saturated rings.